The lowest BCUT2D eigenvalue weighted by Crippen LogP contribution is -2.08. The molecule has 0 amide bonds. The minimum atomic E-state index is 0.483. The molecule has 5 aromatic carbocycles. The Kier molecular flexibility index (Phi) is 10.9. The minimum Gasteiger partial charge on any atom is -0.490 e. The zero-order valence-electron chi connectivity index (χ0n) is 39.0. The van der Waals surface area contributed by atoms with Crippen molar-refractivity contribution in [2.45, 2.75) is 51.4 Å². The van der Waals surface area contributed by atoms with Crippen molar-refractivity contribution < 1.29 is 18.9 Å². The highest BCUT2D eigenvalue weighted by molar-refractivity contribution is 6.01. The number of rotatable bonds is 0. The van der Waals surface area contributed by atoms with Gasteiger partial charge in [-0.2, -0.15) is 0 Å². The second-order valence-corrected chi connectivity index (χ2v) is 18.7. The van der Waals surface area contributed by atoms with E-state index in [1.165, 1.54) is 22.3 Å². The van der Waals surface area contributed by atoms with Crippen LogP contribution in [-0.4, -0.2) is 46.4 Å². The van der Waals surface area contributed by atoms with Crippen LogP contribution in [0.4, 0.5) is 0 Å². The molecule has 0 saturated carbocycles. The summed E-state index contributed by atoms with van der Waals surface area (Å²) in [7, 11) is 0. The number of aromatic nitrogens is 4. The lowest BCUT2D eigenvalue weighted by Gasteiger charge is -2.19. The molecule has 0 aliphatic carbocycles. The second-order valence-electron chi connectivity index (χ2n) is 18.7. The first kappa shape index (κ1) is 42.0. The lowest BCUT2D eigenvalue weighted by molar-refractivity contribution is 0.243. The number of aromatic amines is 2. The first-order chi connectivity index (χ1) is 34.7. The zero-order chi connectivity index (χ0) is 46.4. The Hall–Kier alpha value is -8.10. The summed E-state index contributed by atoms with van der Waals surface area (Å²) in [6, 6.07) is 47.9. The van der Waals surface area contributed by atoms with Crippen LogP contribution < -0.4 is 18.9 Å². The van der Waals surface area contributed by atoms with Crippen molar-refractivity contribution in [2.75, 3.05) is 26.4 Å². The molecular weight excluding hydrogens is 865 g/mol. The number of hydrogen-bond donors (Lipinski definition) is 2. The molecule has 0 unspecified atom stereocenters. The monoisotopic (exact) mass is 916 g/mol. The molecule has 7 heterocycles. The van der Waals surface area contributed by atoms with Gasteiger partial charge in [0.25, 0.3) is 0 Å². The van der Waals surface area contributed by atoms with E-state index in [0.29, 0.717) is 49.4 Å². The number of fused-ring (bicyclic) bond motifs is 18. The molecule has 4 aliphatic heterocycles. The number of aryl methyl sites for hydroxylation is 4. The summed E-state index contributed by atoms with van der Waals surface area (Å²) >= 11 is 0. The zero-order valence-corrected chi connectivity index (χ0v) is 39.0. The number of benzene rings is 5. The van der Waals surface area contributed by atoms with Gasteiger partial charge in [-0.1, -0.05) is 97.1 Å². The van der Waals surface area contributed by atoms with E-state index in [-0.39, 0.29) is 0 Å². The molecule has 12 rings (SSSR count). The topological polar surface area (TPSA) is 94.3 Å². The highest BCUT2D eigenvalue weighted by Crippen LogP contribution is 2.44. The fraction of sp³-hybridized carbons (Fsp3) is 0.194. The van der Waals surface area contributed by atoms with Gasteiger partial charge in [-0.05, 0) is 144 Å². The van der Waals surface area contributed by atoms with E-state index in [4.69, 9.17) is 28.9 Å². The normalized spacial score (nSPS) is 15.1. The van der Waals surface area contributed by atoms with E-state index in [0.717, 1.165) is 141 Å². The van der Waals surface area contributed by atoms with Crippen molar-refractivity contribution in [2.24, 2.45) is 0 Å². The van der Waals surface area contributed by atoms with Crippen LogP contribution >= 0.6 is 0 Å². The molecule has 8 nitrogen and oxygen atoms in total. The molecule has 2 N–H and O–H groups in total. The molecule has 0 saturated heterocycles. The maximum Gasteiger partial charge on any atom is 0.165 e. The van der Waals surface area contributed by atoms with E-state index in [2.05, 4.69) is 156 Å². The Morgan fingerprint density at radius 2 is 0.571 bits per heavy atom. The maximum absolute atomic E-state index is 6.75. The first-order valence-corrected chi connectivity index (χ1v) is 24.9. The van der Waals surface area contributed by atoms with Gasteiger partial charge in [0.15, 0.2) is 23.0 Å². The van der Waals surface area contributed by atoms with Crippen LogP contribution in [-0.2, 0) is 25.7 Å². The summed E-state index contributed by atoms with van der Waals surface area (Å²) in [6.45, 7) is 1.93. The summed E-state index contributed by atoms with van der Waals surface area (Å²) in [5.74, 6) is 2.63. The van der Waals surface area contributed by atoms with Crippen molar-refractivity contribution in [3.8, 4) is 67.5 Å². The van der Waals surface area contributed by atoms with Crippen molar-refractivity contribution in [3.63, 3.8) is 0 Å². The second kappa shape index (κ2) is 18.1. The molecule has 0 fully saturated rings. The Morgan fingerprint density at radius 1 is 0.314 bits per heavy atom. The van der Waals surface area contributed by atoms with Gasteiger partial charge in [-0.3, -0.25) is 0 Å². The largest absolute Gasteiger partial charge is 0.490 e. The molecular formula is C62H52N4O4. The van der Waals surface area contributed by atoms with Gasteiger partial charge in [0.2, 0.25) is 0 Å². The van der Waals surface area contributed by atoms with E-state index in [9.17, 15) is 0 Å². The van der Waals surface area contributed by atoms with Crippen LogP contribution in [0.2, 0.25) is 0 Å². The van der Waals surface area contributed by atoms with Crippen LogP contribution in [0.15, 0.2) is 133 Å². The standard InChI is InChI=1S/C62H52N4O4/c1-5-21-43-39(13-1)17-9-33-67-55-37-57-58-38-56(55)68-34-10-18-40-14-2-6-22-44(40)60-48-26-25-47(63-48)59(43)51-29-30-52(65-51)61(45-23-7-3-15-41(45)19-11-35-69-57)49-27-28-50(64-49)62(54-32-31-53(60)66-54)46-24-8-4-16-42(46)20-12-36-70-58/h1-8,13-16,21-32,37-38,65-66H,9-12,17-20,33-36H2. The molecule has 70 heavy (non-hydrogen) atoms. The molecule has 8 aromatic rings. The molecule has 0 radical (unpaired) electrons. The molecule has 4 aliphatic rings. The molecule has 12 bridgehead atoms. The van der Waals surface area contributed by atoms with E-state index >= 15 is 0 Å². The lowest BCUT2D eigenvalue weighted by atomic mass is 9.95. The fourth-order valence-corrected chi connectivity index (χ4v) is 11.0. The molecule has 344 valence electrons. The van der Waals surface area contributed by atoms with Crippen LogP contribution in [0.5, 0.6) is 23.0 Å². The Labute approximate surface area is 407 Å². The predicted octanol–water partition coefficient (Wildman–Crippen LogP) is 14.3. The Morgan fingerprint density at radius 3 is 0.843 bits per heavy atom. The molecule has 8 heteroatoms. The average molecular weight is 917 g/mol. The van der Waals surface area contributed by atoms with Gasteiger partial charge in [0, 0.05) is 56.5 Å². The number of nitrogens with one attached hydrogen (secondary N) is 2. The summed E-state index contributed by atoms with van der Waals surface area (Å²) < 4.78 is 27.0. The highest BCUT2D eigenvalue weighted by atomic mass is 16.5. The number of H-pyrrole nitrogens is 2. The van der Waals surface area contributed by atoms with Gasteiger partial charge in [0.1, 0.15) is 0 Å². The van der Waals surface area contributed by atoms with Crippen molar-refractivity contribution in [1.29, 1.82) is 0 Å². The van der Waals surface area contributed by atoms with Gasteiger partial charge in [-0.15, -0.1) is 0 Å². The highest BCUT2D eigenvalue weighted by Gasteiger charge is 2.24. The third kappa shape index (κ3) is 7.74. The third-order valence-electron chi connectivity index (χ3n) is 14.3. The van der Waals surface area contributed by atoms with Gasteiger partial charge < -0.3 is 28.9 Å². The minimum absolute atomic E-state index is 0.483. The first-order valence-electron chi connectivity index (χ1n) is 24.9. The number of nitrogens with zero attached hydrogens (tertiary/aromatic N) is 2. The van der Waals surface area contributed by atoms with Crippen molar-refractivity contribution >= 4 is 46.4 Å². The van der Waals surface area contributed by atoms with Crippen LogP contribution in [0, 0.1) is 0 Å². The van der Waals surface area contributed by atoms with Crippen molar-refractivity contribution in [3.05, 3.63) is 178 Å². The quantitative estimate of drug-likeness (QED) is 0.157. The van der Waals surface area contributed by atoms with E-state index in [1.807, 2.05) is 12.1 Å². The van der Waals surface area contributed by atoms with E-state index in [1.54, 1.807) is 0 Å². The number of hydrogen-bond acceptors (Lipinski definition) is 6. The molecule has 3 aromatic heterocycles. The summed E-state index contributed by atoms with van der Waals surface area (Å²) in [6.07, 6.45) is 15.0. The predicted molar refractivity (Wildman–Crippen MR) is 282 cm³/mol. The van der Waals surface area contributed by atoms with Crippen LogP contribution in [0.3, 0.4) is 0 Å². The third-order valence-corrected chi connectivity index (χ3v) is 14.3. The molecule has 0 atom stereocenters. The Bertz CT molecular complexity index is 3140. The van der Waals surface area contributed by atoms with Crippen LogP contribution in [0.1, 0.15) is 70.7 Å². The van der Waals surface area contributed by atoms with Crippen molar-refractivity contribution in [1.82, 2.24) is 19.9 Å². The molecule has 0 spiro atoms. The van der Waals surface area contributed by atoms with Gasteiger partial charge in [-0.25, -0.2) is 9.97 Å². The smallest absolute Gasteiger partial charge is 0.165 e. The summed E-state index contributed by atoms with van der Waals surface area (Å²) in [5, 5.41) is 0. The van der Waals surface area contributed by atoms with Gasteiger partial charge in [0.05, 0.1) is 49.2 Å². The fourth-order valence-electron chi connectivity index (χ4n) is 11.0. The summed E-state index contributed by atoms with van der Waals surface area (Å²) in [5.41, 5.74) is 21.0. The van der Waals surface area contributed by atoms with Crippen LogP contribution in [0.25, 0.3) is 90.9 Å². The average Bonchev–Trinajstić information content (AvgIpc) is 4.25. The maximum atomic E-state index is 6.75. The number of ether oxygens (including phenoxy) is 4. The Balaban J connectivity index is 1.23. The van der Waals surface area contributed by atoms with Gasteiger partial charge >= 0.3 is 0 Å². The SMILES string of the molecule is C1=Cc2nc1c1c3ccc([nH]3)c3c4nc(c5c6ccc([nH]6)c2-c2ccccc2CCCOc2cc(c(cc2OCCCc2ccccc2-1)OCCCc1ccccc1-3)OCCCc1ccccc1-5)C=C4. The van der Waals surface area contributed by atoms with E-state index < -0.39 is 0 Å². The summed E-state index contributed by atoms with van der Waals surface area (Å²) in [4.78, 5) is 19.4.